The van der Waals surface area contributed by atoms with E-state index in [-0.39, 0.29) is 0 Å². The molecule has 3 aliphatic rings. The van der Waals surface area contributed by atoms with Gasteiger partial charge < -0.3 is 14.7 Å². The zero-order chi connectivity index (χ0) is 18.2. The average Bonchev–Trinajstić information content (AvgIpc) is 3.47. The Morgan fingerprint density at radius 1 is 0.778 bits per heavy atom. The van der Waals surface area contributed by atoms with Gasteiger partial charge in [0.05, 0.1) is 11.0 Å². The third-order valence-electron chi connectivity index (χ3n) is 5.97. The van der Waals surface area contributed by atoms with Crippen molar-refractivity contribution in [1.29, 1.82) is 0 Å². The lowest BCUT2D eigenvalue weighted by Crippen LogP contribution is -2.36. The van der Waals surface area contributed by atoms with Gasteiger partial charge in [0.15, 0.2) is 11.6 Å². The van der Waals surface area contributed by atoms with Crippen LogP contribution in [0.4, 0.5) is 11.6 Å². The Bertz CT molecular complexity index is 844. The minimum atomic E-state index is 0.303. The zero-order valence-corrected chi connectivity index (χ0v) is 15.8. The van der Waals surface area contributed by atoms with Crippen molar-refractivity contribution < 1.29 is 4.79 Å². The normalized spacial score (nSPS) is 21.0. The van der Waals surface area contributed by atoms with Crippen molar-refractivity contribution in [2.45, 2.75) is 32.1 Å². The second kappa shape index (κ2) is 6.98. The monoisotopic (exact) mass is 365 g/mol. The van der Waals surface area contributed by atoms with Crippen molar-refractivity contribution in [2.24, 2.45) is 5.92 Å². The van der Waals surface area contributed by atoms with Gasteiger partial charge in [-0.3, -0.25) is 4.79 Å². The number of hydrogen-bond donors (Lipinski definition) is 0. The number of benzene rings is 1. The van der Waals surface area contributed by atoms with Crippen LogP contribution in [0, 0.1) is 5.92 Å². The molecule has 5 rings (SSSR count). The first kappa shape index (κ1) is 16.8. The van der Waals surface area contributed by atoms with Crippen molar-refractivity contribution in [1.82, 2.24) is 14.9 Å². The van der Waals surface area contributed by atoms with E-state index >= 15 is 0 Å². The summed E-state index contributed by atoms with van der Waals surface area (Å²) in [6, 6.07) is 8.14. The molecule has 3 fully saturated rings. The van der Waals surface area contributed by atoms with Gasteiger partial charge in [0.1, 0.15) is 0 Å². The van der Waals surface area contributed by atoms with Gasteiger partial charge in [0.2, 0.25) is 5.91 Å². The van der Waals surface area contributed by atoms with Crippen molar-refractivity contribution in [3.63, 3.8) is 0 Å². The van der Waals surface area contributed by atoms with Crippen LogP contribution < -0.4 is 9.80 Å². The minimum absolute atomic E-state index is 0.303. The van der Waals surface area contributed by atoms with Crippen LogP contribution in [0.2, 0.25) is 0 Å². The highest BCUT2D eigenvalue weighted by Gasteiger charge is 2.34. The van der Waals surface area contributed by atoms with E-state index in [0.29, 0.717) is 11.8 Å². The smallest absolute Gasteiger partial charge is 0.225 e. The van der Waals surface area contributed by atoms with Crippen LogP contribution in [0.15, 0.2) is 24.3 Å². The third-order valence-corrected chi connectivity index (χ3v) is 5.97. The molecular formula is C21H27N5O. The SMILES string of the molecule is O=C(C1CC1)N1CCCN(c2nc3ccccc3nc2N2CCCC2)CC1. The predicted molar refractivity (Wildman–Crippen MR) is 107 cm³/mol. The van der Waals surface area contributed by atoms with E-state index in [1.165, 1.54) is 12.8 Å². The number of aromatic nitrogens is 2. The van der Waals surface area contributed by atoms with E-state index in [0.717, 1.165) is 81.2 Å². The quantitative estimate of drug-likeness (QED) is 0.837. The largest absolute Gasteiger partial charge is 0.354 e. The standard InChI is InChI=1S/C21H27N5O/c27-21(16-8-9-16)26-13-5-12-25(14-15-26)20-19(24-10-3-4-11-24)22-17-6-1-2-7-18(17)23-20/h1-2,6-7,16H,3-5,8-15H2. The second-order valence-electron chi connectivity index (χ2n) is 7.99. The van der Waals surface area contributed by atoms with Crippen LogP contribution in [-0.2, 0) is 4.79 Å². The molecule has 6 heteroatoms. The number of anilines is 2. The fraction of sp³-hybridized carbons (Fsp3) is 0.571. The number of amides is 1. The summed E-state index contributed by atoms with van der Waals surface area (Å²) in [5.41, 5.74) is 1.91. The topological polar surface area (TPSA) is 52.6 Å². The molecule has 0 N–H and O–H groups in total. The fourth-order valence-electron chi connectivity index (χ4n) is 4.27. The first-order chi connectivity index (χ1) is 13.3. The first-order valence-corrected chi connectivity index (χ1v) is 10.3. The Hall–Kier alpha value is -2.37. The molecule has 2 aromatic rings. The lowest BCUT2D eigenvalue weighted by atomic mass is 10.3. The number of rotatable bonds is 3. The molecule has 1 aromatic carbocycles. The molecule has 1 saturated carbocycles. The van der Waals surface area contributed by atoms with Crippen LogP contribution in [0.5, 0.6) is 0 Å². The minimum Gasteiger partial charge on any atom is -0.354 e. The molecular weight excluding hydrogens is 338 g/mol. The zero-order valence-electron chi connectivity index (χ0n) is 15.8. The van der Waals surface area contributed by atoms with Gasteiger partial charge in [-0.2, -0.15) is 0 Å². The number of fused-ring (bicyclic) bond motifs is 1. The summed E-state index contributed by atoms with van der Waals surface area (Å²) in [5, 5.41) is 0. The van der Waals surface area contributed by atoms with E-state index in [4.69, 9.17) is 9.97 Å². The highest BCUT2D eigenvalue weighted by Crippen LogP contribution is 2.33. The van der Waals surface area contributed by atoms with Crippen LogP contribution in [-0.4, -0.2) is 60.0 Å². The molecule has 0 spiro atoms. The Kier molecular flexibility index (Phi) is 4.34. The van der Waals surface area contributed by atoms with Crippen molar-refractivity contribution in [3.05, 3.63) is 24.3 Å². The molecule has 0 radical (unpaired) electrons. The molecule has 27 heavy (non-hydrogen) atoms. The summed E-state index contributed by atoms with van der Waals surface area (Å²) in [6.45, 7) is 5.55. The van der Waals surface area contributed by atoms with Crippen molar-refractivity contribution in [3.8, 4) is 0 Å². The summed E-state index contributed by atoms with van der Waals surface area (Å²) < 4.78 is 0. The van der Waals surface area contributed by atoms with Crippen molar-refractivity contribution >= 4 is 28.6 Å². The van der Waals surface area contributed by atoms with E-state index in [1.807, 2.05) is 24.3 Å². The number of carbonyl (C=O) groups is 1. The van der Waals surface area contributed by atoms with Crippen LogP contribution in [0.3, 0.4) is 0 Å². The Labute approximate surface area is 160 Å². The molecule has 0 atom stereocenters. The summed E-state index contributed by atoms with van der Waals surface area (Å²) >= 11 is 0. The van der Waals surface area contributed by atoms with Gasteiger partial charge >= 0.3 is 0 Å². The van der Waals surface area contributed by atoms with E-state index in [1.54, 1.807) is 0 Å². The second-order valence-corrected chi connectivity index (χ2v) is 7.99. The van der Waals surface area contributed by atoms with Gasteiger partial charge in [-0.15, -0.1) is 0 Å². The number of carbonyl (C=O) groups excluding carboxylic acids is 1. The van der Waals surface area contributed by atoms with Gasteiger partial charge in [-0.1, -0.05) is 12.1 Å². The van der Waals surface area contributed by atoms with Crippen LogP contribution >= 0.6 is 0 Å². The maximum absolute atomic E-state index is 12.5. The maximum Gasteiger partial charge on any atom is 0.225 e. The summed E-state index contributed by atoms with van der Waals surface area (Å²) in [7, 11) is 0. The highest BCUT2D eigenvalue weighted by atomic mass is 16.2. The molecule has 0 unspecified atom stereocenters. The van der Waals surface area contributed by atoms with E-state index < -0.39 is 0 Å². The summed E-state index contributed by atoms with van der Waals surface area (Å²) in [6.07, 6.45) is 5.59. The third kappa shape index (κ3) is 3.33. The molecule has 2 aliphatic heterocycles. The molecule has 0 bridgehead atoms. The number of para-hydroxylation sites is 2. The average molecular weight is 365 g/mol. The highest BCUT2D eigenvalue weighted by molar-refractivity contribution is 5.82. The first-order valence-electron chi connectivity index (χ1n) is 10.3. The van der Waals surface area contributed by atoms with Crippen LogP contribution in [0.25, 0.3) is 11.0 Å². The molecule has 1 amide bonds. The summed E-state index contributed by atoms with van der Waals surface area (Å²) in [4.78, 5) is 29.3. The van der Waals surface area contributed by atoms with Gasteiger partial charge in [0, 0.05) is 45.2 Å². The Morgan fingerprint density at radius 2 is 1.37 bits per heavy atom. The lowest BCUT2D eigenvalue weighted by Gasteiger charge is -2.28. The maximum atomic E-state index is 12.5. The predicted octanol–water partition coefficient (Wildman–Crippen LogP) is 2.68. The fourth-order valence-corrected chi connectivity index (χ4v) is 4.27. The molecule has 6 nitrogen and oxygen atoms in total. The molecule has 2 saturated heterocycles. The van der Waals surface area contributed by atoms with Gasteiger partial charge in [0.25, 0.3) is 0 Å². The lowest BCUT2D eigenvalue weighted by molar-refractivity contribution is -0.132. The molecule has 3 heterocycles. The molecule has 1 aromatic heterocycles. The summed E-state index contributed by atoms with van der Waals surface area (Å²) in [5.74, 6) is 2.68. The van der Waals surface area contributed by atoms with Crippen molar-refractivity contribution in [2.75, 3.05) is 49.1 Å². The number of hydrogen-bond acceptors (Lipinski definition) is 5. The van der Waals surface area contributed by atoms with Crippen LogP contribution in [0.1, 0.15) is 32.1 Å². The van der Waals surface area contributed by atoms with Gasteiger partial charge in [-0.25, -0.2) is 9.97 Å². The Balaban J connectivity index is 1.45. The van der Waals surface area contributed by atoms with E-state index in [2.05, 4.69) is 14.7 Å². The Morgan fingerprint density at radius 3 is 2.00 bits per heavy atom. The van der Waals surface area contributed by atoms with Gasteiger partial charge in [-0.05, 0) is 44.2 Å². The van der Waals surface area contributed by atoms with E-state index in [9.17, 15) is 4.79 Å². The molecule has 1 aliphatic carbocycles. The molecule has 142 valence electrons. The number of nitrogens with zero attached hydrogens (tertiary/aromatic N) is 5.